The van der Waals surface area contributed by atoms with Crippen molar-refractivity contribution in [1.82, 2.24) is 10.2 Å². The average Bonchev–Trinajstić information content (AvgIpc) is 2.14. The molecule has 0 fully saturated rings. The minimum absolute atomic E-state index is 0.0556. The van der Waals surface area contributed by atoms with Crippen LogP contribution in [0, 0.1) is 0 Å². The largest absolute Gasteiger partial charge is 0.392 e. The summed E-state index contributed by atoms with van der Waals surface area (Å²) in [5.41, 5.74) is 0. The molecule has 84 valence electrons. The second-order valence-corrected chi connectivity index (χ2v) is 3.77. The Morgan fingerprint density at radius 1 is 1.43 bits per heavy atom. The normalized spacial score (nSPS) is 17.3. The lowest BCUT2D eigenvalue weighted by Gasteiger charge is -2.25. The van der Waals surface area contributed by atoms with E-state index >= 15 is 0 Å². The Kier molecular flexibility index (Phi) is 5.72. The highest BCUT2D eigenvalue weighted by molar-refractivity contribution is 5.81. The van der Waals surface area contributed by atoms with Gasteiger partial charge in [0.1, 0.15) is 0 Å². The molecule has 0 saturated heterocycles. The number of carbonyl (C=O) groups excluding carboxylic acids is 1. The Balaban J connectivity index is 4.07. The van der Waals surface area contributed by atoms with Crippen molar-refractivity contribution in [2.45, 2.75) is 45.9 Å². The van der Waals surface area contributed by atoms with Gasteiger partial charge in [-0.05, 0) is 27.7 Å². The summed E-state index contributed by atoms with van der Waals surface area (Å²) in [6, 6.07) is -0.316. The number of rotatable bonds is 5. The Bertz CT molecular complexity index is 183. The Morgan fingerprint density at radius 2 is 1.93 bits per heavy atom. The summed E-state index contributed by atoms with van der Waals surface area (Å²) < 4.78 is 0. The molecule has 3 atom stereocenters. The van der Waals surface area contributed by atoms with Gasteiger partial charge in [0.2, 0.25) is 5.91 Å². The fourth-order valence-corrected chi connectivity index (χ4v) is 1.09. The highest BCUT2D eigenvalue weighted by atomic mass is 16.3. The van der Waals surface area contributed by atoms with Crippen molar-refractivity contribution in [3.8, 4) is 0 Å². The van der Waals surface area contributed by atoms with Crippen molar-refractivity contribution in [3.63, 3.8) is 0 Å². The first kappa shape index (κ1) is 13.4. The number of nitrogens with one attached hydrogen (secondary N) is 1. The summed E-state index contributed by atoms with van der Waals surface area (Å²) in [5.74, 6) is 0.0556. The smallest absolute Gasteiger partial charge is 0.239 e. The summed E-state index contributed by atoms with van der Waals surface area (Å²) in [7, 11) is 1.77. The second-order valence-electron chi connectivity index (χ2n) is 3.77. The van der Waals surface area contributed by atoms with Gasteiger partial charge in [-0.3, -0.25) is 4.79 Å². The highest BCUT2D eigenvalue weighted by Gasteiger charge is 2.19. The molecule has 0 radical (unpaired) electrons. The van der Waals surface area contributed by atoms with Gasteiger partial charge in [-0.25, -0.2) is 0 Å². The van der Waals surface area contributed by atoms with Crippen LogP contribution in [0.2, 0.25) is 0 Å². The maximum absolute atomic E-state index is 11.6. The molecule has 0 aromatic carbocycles. The first-order valence-corrected chi connectivity index (χ1v) is 5.09. The van der Waals surface area contributed by atoms with E-state index in [2.05, 4.69) is 5.32 Å². The molecule has 4 heteroatoms. The summed E-state index contributed by atoms with van der Waals surface area (Å²) in [4.78, 5) is 13.3. The molecule has 0 aromatic heterocycles. The van der Waals surface area contributed by atoms with E-state index in [9.17, 15) is 9.90 Å². The van der Waals surface area contributed by atoms with E-state index in [-0.39, 0.29) is 18.0 Å². The van der Waals surface area contributed by atoms with Crippen molar-refractivity contribution in [2.75, 3.05) is 13.6 Å². The van der Waals surface area contributed by atoms with Gasteiger partial charge in [-0.2, -0.15) is 0 Å². The second kappa shape index (κ2) is 5.98. The van der Waals surface area contributed by atoms with E-state index in [1.165, 1.54) is 0 Å². The lowest BCUT2D eigenvalue weighted by atomic mass is 10.2. The SMILES string of the molecule is CCN(C)C(=O)C(C)NC(C)C(C)O. The Morgan fingerprint density at radius 3 is 2.29 bits per heavy atom. The number of amides is 1. The number of aliphatic hydroxyl groups excluding tert-OH is 1. The first-order chi connectivity index (χ1) is 6.40. The summed E-state index contributed by atoms with van der Waals surface area (Å²) in [6.45, 7) is 8.02. The minimum Gasteiger partial charge on any atom is -0.392 e. The van der Waals surface area contributed by atoms with Crippen LogP contribution in [-0.4, -0.2) is 47.7 Å². The third kappa shape index (κ3) is 4.07. The summed E-state index contributed by atoms with van der Waals surface area (Å²) in [5, 5.41) is 12.3. The molecule has 0 bridgehead atoms. The molecule has 0 aliphatic carbocycles. The zero-order valence-corrected chi connectivity index (χ0v) is 9.74. The molecule has 0 rings (SSSR count). The van der Waals surface area contributed by atoms with Crippen LogP contribution >= 0.6 is 0 Å². The fourth-order valence-electron chi connectivity index (χ4n) is 1.09. The van der Waals surface area contributed by atoms with E-state index in [0.29, 0.717) is 6.54 Å². The third-order valence-corrected chi connectivity index (χ3v) is 2.46. The standard InChI is InChI=1S/C10H22N2O2/c1-6-12(5)10(14)8(3)11-7(2)9(4)13/h7-9,11,13H,6H2,1-5H3. The van der Waals surface area contributed by atoms with Crippen LogP contribution in [0.15, 0.2) is 0 Å². The van der Waals surface area contributed by atoms with Crippen LogP contribution in [0.25, 0.3) is 0 Å². The van der Waals surface area contributed by atoms with Gasteiger partial charge in [-0.1, -0.05) is 0 Å². The van der Waals surface area contributed by atoms with Crippen LogP contribution in [0.3, 0.4) is 0 Å². The van der Waals surface area contributed by atoms with E-state index in [1.807, 2.05) is 20.8 Å². The molecule has 14 heavy (non-hydrogen) atoms. The summed E-state index contributed by atoms with van der Waals surface area (Å²) in [6.07, 6.45) is -0.447. The number of carbonyl (C=O) groups is 1. The highest BCUT2D eigenvalue weighted by Crippen LogP contribution is 1.97. The Labute approximate surface area is 86.3 Å². The molecule has 1 amide bonds. The predicted molar refractivity (Wildman–Crippen MR) is 57.1 cm³/mol. The lowest BCUT2D eigenvalue weighted by Crippen LogP contribution is -2.49. The minimum atomic E-state index is -0.447. The summed E-state index contributed by atoms with van der Waals surface area (Å²) >= 11 is 0. The number of hydrogen-bond donors (Lipinski definition) is 2. The molecule has 3 unspecified atom stereocenters. The molecule has 4 nitrogen and oxygen atoms in total. The van der Waals surface area contributed by atoms with Crippen molar-refractivity contribution < 1.29 is 9.90 Å². The topological polar surface area (TPSA) is 52.6 Å². The van der Waals surface area contributed by atoms with Gasteiger partial charge in [0, 0.05) is 19.6 Å². The van der Waals surface area contributed by atoms with Crippen molar-refractivity contribution in [1.29, 1.82) is 0 Å². The van der Waals surface area contributed by atoms with E-state index in [0.717, 1.165) is 0 Å². The zero-order valence-electron chi connectivity index (χ0n) is 9.74. The Hall–Kier alpha value is -0.610. The van der Waals surface area contributed by atoms with Gasteiger partial charge >= 0.3 is 0 Å². The van der Waals surface area contributed by atoms with Crippen molar-refractivity contribution >= 4 is 5.91 Å². The fraction of sp³-hybridized carbons (Fsp3) is 0.900. The maximum Gasteiger partial charge on any atom is 0.239 e. The third-order valence-electron chi connectivity index (χ3n) is 2.46. The molecule has 0 aliphatic heterocycles. The lowest BCUT2D eigenvalue weighted by molar-refractivity contribution is -0.131. The maximum atomic E-state index is 11.6. The molecule has 2 N–H and O–H groups in total. The van der Waals surface area contributed by atoms with Gasteiger partial charge in [0.05, 0.1) is 12.1 Å². The number of likely N-dealkylation sites (N-methyl/N-ethyl adjacent to an activating group) is 1. The zero-order chi connectivity index (χ0) is 11.3. The molecular formula is C10H22N2O2. The quantitative estimate of drug-likeness (QED) is 0.670. The molecule has 0 aromatic rings. The van der Waals surface area contributed by atoms with E-state index < -0.39 is 6.10 Å². The van der Waals surface area contributed by atoms with Crippen molar-refractivity contribution in [3.05, 3.63) is 0 Å². The average molecular weight is 202 g/mol. The first-order valence-electron chi connectivity index (χ1n) is 5.09. The van der Waals surface area contributed by atoms with Crippen LogP contribution in [0.4, 0.5) is 0 Å². The molecule has 0 spiro atoms. The van der Waals surface area contributed by atoms with Crippen LogP contribution in [0.1, 0.15) is 27.7 Å². The molecule has 0 heterocycles. The number of hydrogen-bond acceptors (Lipinski definition) is 3. The predicted octanol–water partition coefficient (Wildman–Crippen LogP) is 0.212. The molecular weight excluding hydrogens is 180 g/mol. The van der Waals surface area contributed by atoms with Gasteiger partial charge < -0.3 is 15.3 Å². The number of nitrogens with zero attached hydrogens (tertiary/aromatic N) is 1. The van der Waals surface area contributed by atoms with Crippen LogP contribution in [0.5, 0.6) is 0 Å². The van der Waals surface area contributed by atoms with E-state index in [4.69, 9.17) is 0 Å². The van der Waals surface area contributed by atoms with Gasteiger partial charge in [-0.15, -0.1) is 0 Å². The van der Waals surface area contributed by atoms with Gasteiger partial charge in [0.25, 0.3) is 0 Å². The molecule has 0 aliphatic rings. The van der Waals surface area contributed by atoms with Crippen molar-refractivity contribution in [2.24, 2.45) is 0 Å². The number of aliphatic hydroxyl groups is 1. The monoisotopic (exact) mass is 202 g/mol. The van der Waals surface area contributed by atoms with Crippen LogP contribution < -0.4 is 5.32 Å². The van der Waals surface area contributed by atoms with Gasteiger partial charge in [0.15, 0.2) is 0 Å². The van der Waals surface area contributed by atoms with E-state index in [1.54, 1.807) is 18.9 Å². The molecule has 0 saturated carbocycles. The van der Waals surface area contributed by atoms with Crippen LogP contribution in [-0.2, 0) is 4.79 Å².